The maximum Gasteiger partial charge on any atom is 0.209 e. The molecule has 1 rings (SSSR count). The second-order valence-corrected chi connectivity index (χ2v) is 8.04. The molecule has 0 saturated heterocycles. The summed E-state index contributed by atoms with van der Waals surface area (Å²) >= 11 is 3.49. The van der Waals surface area contributed by atoms with Crippen molar-refractivity contribution in [1.29, 1.82) is 0 Å². The zero-order chi connectivity index (χ0) is 14.8. The van der Waals surface area contributed by atoms with E-state index in [-0.39, 0.29) is 5.75 Å². The minimum Gasteiger partial charge on any atom is -0.493 e. The minimum atomic E-state index is -3.50. The Morgan fingerprint density at radius 1 is 1.26 bits per heavy atom. The molecular formula is C13H20BrNO3S. The lowest BCUT2D eigenvalue weighted by Gasteiger charge is -2.23. The Morgan fingerprint density at radius 3 is 2.16 bits per heavy atom. The quantitative estimate of drug-likeness (QED) is 0.888. The molecule has 0 radical (unpaired) electrons. The predicted molar refractivity (Wildman–Crippen MR) is 80.9 cm³/mol. The van der Waals surface area contributed by atoms with E-state index in [0.29, 0.717) is 6.61 Å². The summed E-state index contributed by atoms with van der Waals surface area (Å²) in [5.74, 6) is 0.634. The van der Waals surface area contributed by atoms with Crippen LogP contribution in [0.1, 0.15) is 25.0 Å². The number of aryl methyl sites for hydroxylation is 2. The van der Waals surface area contributed by atoms with Crippen LogP contribution in [0, 0.1) is 19.3 Å². The van der Waals surface area contributed by atoms with Gasteiger partial charge in [0.05, 0.1) is 12.4 Å². The van der Waals surface area contributed by atoms with E-state index in [1.54, 1.807) is 0 Å². The van der Waals surface area contributed by atoms with Gasteiger partial charge in [-0.3, -0.25) is 0 Å². The summed E-state index contributed by atoms with van der Waals surface area (Å²) in [5.41, 5.74) is 1.64. The van der Waals surface area contributed by atoms with Crippen molar-refractivity contribution in [1.82, 2.24) is 0 Å². The van der Waals surface area contributed by atoms with Crippen LogP contribution in [0.25, 0.3) is 0 Å². The summed E-state index contributed by atoms with van der Waals surface area (Å²) in [7, 11) is -3.50. The molecule has 108 valence electrons. The molecule has 0 atom stereocenters. The van der Waals surface area contributed by atoms with Crippen molar-refractivity contribution in [2.75, 3.05) is 12.4 Å². The molecule has 0 aliphatic carbocycles. The molecular weight excluding hydrogens is 330 g/mol. The number of nitrogens with two attached hydrogens (primary N) is 1. The third-order valence-corrected chi connectivity index (χ3v) is 5.07. The second-order valence-electron chi connectivity index (χ2n) is 5.63. The average molecular weight is 350 g/mol. The maximum absolute atomic E-state index is 11.1. The SMILES string of the molecule is Cc1cc(OCC(C)(C)CS(N)(=O)=O)cc(C)c1Br. The van der Waals surface area contributed by atoms with Crippen molar-refractivity contribution in [3.8, 4) is 5.75 Å². The fraction of sp³-hybridized carbons (Fsp3) is 0.538. The lowest BCUT2D eigenvalue weighted by molar-refractivity contribution is 0.199. The van der Waals surface area contributed by atoms with Gasteiger partial charge >= 0.3 is 0 Å². The van der Waals surface area contributed by atoms with Crippen LogP contribution >= 0.6 is 15.9 Å². The highest BCUT2D eigenvalue weighted by atomic mass is 79.9. The van der Waals surface area contributed by atoms with Crippen molar-refractivity contribution in [3.63, 3.8) is 0 Å². The molecule has 0 fully saturated rings. The van der Waals surface area contributed by atoms with Gasteiger partial charge in [0, 0.05) is 9.89 Å². The third-order valence-electron chi connectivity index (χ3n) is 2.63. The molecule has 0 aliphatic rings. The maximum atomic E-state index is 11.1. The highest BCUT2D eigenvalue weighted by molar-refractivity contribution is 9.10. The summed E-state index contributed by atoms with van der Waals surface area (Å²) in [6, 6.07) is 3.84. The minimum absolute atomic E-state index is 0.103. The topological polar surface area (TPSA) is 69.4 Å². The number of primary sulfonamides is 1. The van der Waals surface area contributed by atoms with Crippen LogP contribution in [-0.4, -0.2) is 20.8 Å². The number of benzene rings is 1. The van der Waals surface area contributed by atoms with Gasteiger partial charge in [0.1, 0.15) is 5.75 Å². The summed E-state index contributed by atoms with van der Waals surface area (Å²) in [6.45, 7) is 7.90. The van der Waals surface area contributed by atoms with Crippen LogP contribution in [0.15, 0.2) is 16.6 Å². The molecule has 19 heavy (non-hydrogen) atoms. The van der Waals surface area contributed by atoms with Gasteiger partial charge in [-0.2, -0.15) is 0 Å². The van der Waals surface area contributed by atoms with Gasteiger partial charge in [-0.1, -0.05) is 29.8 Å². The fourth-order valence-electron chi connectivity index (χ4n) is 1.85. The van der Waals surface area contributed by atoms with E-state index >= 15 is 0 Å². The fourth-order valence-corrected chi connectivity index (χ4v) is 3.26. The summed E-state index contributed by atoms with van der Waals surface area (Å²) in [4.78, 5) is 0. The zero-order valence-electron chi connectivity index (χ0n) is 11.7. The Bertz CT molecular complexity index is 544. The first-order valence-electron chi connectivity index (χ1n) is 5.90. The summed E-state index contributed by atoms with van der Waals surface area (Å²) in [6.07, 6.45) is 0. The first-order chi connectivity index (χ1) is 8.50. The Hall–Kier alpha value is -0.590. The molecule has 0 aliphatic heterocycles. The van der Waals surface area contributed by atoms with Crippen molar-refractivity contribution in [3.05, 3.63) is 27.7 Å². The van der Waals surface area contributed by atoms with E-state index in [0.717, 1.165) is 21.3 Å². The number of halogens is 1. The lowest BCUT2D eigenvalue weighted by Crippen LogP contribution is -2.33. The van der Waals surface area contributed by atoms with Gasteiger partial charge in [-0.15, -0.1) is 0 Å². The van der Waals surface area contributed by atoms with Crippen LogP contribution in [0.3, 0.4) is 0 Å². The van der Waals surface area contributed by atoms with Crippen molar-refractivity contribution in [2.24, 2.45) is 10.6 Å². The van der Waals surface area contributed by atoms with Crippen molar-refractivity contribution in [2.45, 2.75) is 27.7 Å². The van der Waals surface area contributed by atoms with Crippen LogP contribution in [0.5, 0.6) is 5.75 Å². The van der Waals surface area contributed by atoms with Gasteiger partial charge in [0.2, 0.25) is 10.0 Å². The first-order valence-corrected chi connectivity index (χ1v) is 8.41. The number of sulfonamides is 1. The normalized spacial score (nSPS) is 12.5. The first kappa shape index (κ1) is 16.5. The second kappa shape index (κ2) is 5.81. The highest BCUT2D eigenvalue weighted by Gasteiger charge is 2.25. The molecule has 0 aromatic heterocycles. The van der Waals surface area contributed by atoms with E-state index in [2.05, 4.69) is 15.9 Å². The van der Waals surface area contributed by atoms with Gasteiger partial charge in [0.15, 0.2) is 0 Å². The molecule has 2 N–H and O–H groups in total. The molecule has 0 unspecified atom stereocenters. The lowest BCUT2D eigenvalue weighted by atomic mass is 9.98. The monoisotopic (exact) mass is 349 g/mol. The molecule has 0 heterocycles. The molecule has 0 saturated carbocycles. The van der Waals surface area contributed by atoms with Crippen LogP contribution in [-0.2, 0) is 10.0 Å². The van der Waals surface area contributed by atoms with Gasteiger partial charge in [-0.05, 0) is 37.1 Å². The van der Waals surface area contributed by atoms with Crippen molar-refractivity contribution >= 4 is 26.0 Å². The zero-order valence-corrected chi connectivity index (χ0v) is 14.1. The van der Waals surface area contributed by atoms with Crippen LogP contribution in [0.4, 0.5) is 0 Å². The number of hydrogen-bond donors (Lipinski definition) is 1. The molecule has 4 nitrogen and oxygen atoms in total. The third kappa shape index (κ3) is 5.50. The largest absolute Gasteiger partial charge is 0.493 e. The van der Waals surface area contributed by atoms with Crippen LogP contribution < -0.4 is 9.88 Å². The van der Waals surface area contributed by atoms with E-state index in [9.17, 15) is 8.42 Å². The van der Waals surface area contributed by atoms with Crippen LogP contribution in [0.2, 0.25) is 0 Å². The molecule has 6 heteroatoms. The van der Waals surface area contributed by atoms with Gasteiger partial charge < -0.3 is 4.74 Å². The molecule has 0 bridgehead atoms. The number of hydrogen-bond acceptors (Lipinski definition) is 3. The molecule has 0 spiro atoms. The van der Waals surface area contributed by atoms with E-state index in [1.807, 2.05) is 39.8 Å². The van der Waals surface area contributed by atoms with Gasteiger partial charge in [-0.25, -0.2) is 13.6 Å². The number of ether oxygens (including phenoxy) is 1. The summed E-state index contributed by atoms with van der Waals surface area (Å²) < 4.78 is 29.0. The van der Waals surface area contributed by atoms with Gasteiger partial charge in [0.25, 0.3) is 0 Å². The Morgan fingerprint density at radius 2 is 1.74 bits per heavy atom. The Kier molecular flexibility index (Phi) is 5.03. The number of rotatable bonds is 5. The smallest absolute Gasteiger partial charge is 0.209 e. The Balaban J connectivity index is 2.77. The highest BCUT2D eigenvalue weighted by Crippen LogP contribution is 2.27. The van der Waals surface area contributed by atoms with E-state index in [1.165, 1.54) is 0 Å². The standard InChI is InChI=1S/C13H20BrNO3S/c1-9-5-11(6-10(2)12(9)14)18-7-13(3,4)8-19(15,16)17/h5-6H,7-8H2,1-4H3,(H2,15,16,17). The average Bonchev–Trinajstić information content (AvgIpc) is 2.19. The Labute approximate surface area is 123 Å². The molecule has 0 amide bonds. The van der Waals surface area contributed by atoms with E-state index in [4.69, 9.17) is 9.88 Å². The molecule has 1 aromatic carbocycles. The summed E-state index contributed by atoms with van der Waals surface area (Å²) in [5, 5.41) is 5.07. The van der Waals surface area contributed by atoms with Crippen molar-refractivity contribution < 1.29 is 13.2 Å². The molecule has 1 aromatic rings. The van der Waals surface area contributed by atoms with E-state index < -0.39 is 15.4 Å². The predicted octanol–water partition coefficient (Wildman–Crippen LogP) is 2.76.